The quantitative estimate of drug-likeness (QED) is 0.0102. The normalized spacial score (nSPS) is 17.1. The van der Waals surface area contributed by atoms with Gasteiger partial charge in [0.1, 0.15) is 18.1 Å². The number of benzene rings is 4. The van der Waals surface area contributed by atoms with Crippen molar-refractivity contribution in [3.05, 3.63) is 161 Å². The second kappa shape index (κ2) is 25.3. The van der Waals surface area contributed by atoms with Crippen LogP contribution in [0.4, 0.5) is 17.1 Å². The molecule has 0 aromatic heterocycles. The summed E-state index contributed by atoms with van der Waals surface area (Å²) >= 11 is 0. The molecule has 440 valence electrons. The number of guanidine groups is 1. The van der Waals surface area contributed by atoms with Crippen molar-refractivity contribution in [1.29, 1.82) is 0 Å². The van der Waals surface area contributed by atoms with Crippen molar-refractivity contribution < 1.29 is 66.0 Å². The van der Waals surface area contributed by atoms with Crippen molar-refractivity contribution in [3.63, 3.8) is 0 Å². The van der Waals surface area contributed by atoms with Crippen molar-refractivity contribution >= 4 is 75.1 Å². The molecule has 1 amide bonds. The lowest BCUT2D eigenvalue weighted by Gasteiger charge is -2.27. The number of unbranched alkanes of at least 4 members (excludes halogenated alkanes) is 3. The summed E-state index contributed by atoms with van der Waals surface area (Å²) in [4.78, 5) is 18.1. The first-order chi connectivity index (χ1) is 38.3. The zero-order valence-electron chi connectivity index (χ0n) is 46.0. The van der Waals surface area contributed by atoms with Crippen LogP contribution in [0.5, 0.6) is 5.75 Å². The predicted molar refractivity (Wildman–Crippen MR) is 315 cm³/mol. The number of nitrogens with one attached hydrogen (secondary N) is 2. The lowest BCUT2D eigenvalue weighted by molar-refractivity contribution is -0.438. The van der Waals surface area contributed by atoms with Gasteiger partial charge in [0.2, 0.25) is 11.6 Å². The average molecular weight is 1210 g/mol. The Morgan fingerprint density at radius 1 is 0.756 bits per heavy atom. The van der Waals surface area contributed by atoms with E-state index in [0.29, 0.717) is 92.0 Å². The van der Waals surface area contributed by atoms with Gasteiger partial charge in [0, 0.05) is 65.3 Å². The van der Waals surface area contributed by atoms with Gasteiger partial charge in [-0.1, -0.05) is 38.6 Å². The summed E-state index contributed by atoms with van der Waals surface area (Å²) < 4.78 is 145. The van der Waals surface area contributed by atoms with E-state index < -0.39 is 57.1 Å². The van der Waals surface area contributed by atoms with Gasteiger partial charge < -0.3 is 31.7 Å². The molecule has 0 spiro atoms. The Balaban J connectivity index is 1.19. The number of anilines is 2. The fourth-order valence-corrected chi connectivity index (χ4v) is 12.4. The number of allylic oxidation sites excluding steroid dienone is 7. The van der Waals surface area contributed by atoms with Crippen molar-refractivity contribution in [2.75, 3.05) is 35.6 Å². The minimum absolute atomic E-state index is 0.0134. The fourth-order valence-electron chi connectivity index (χ4n) is 10.4. The van der Waals surface area contributed by atoms with E-state index in [9.17, 15) is 56.7 Å². The van der Waals surface area contributed by atoms with E-state index in [1.54, 1.807) is 12.1 Å². The molecular weight excluding hydrogens is 1130 g/mol. The van der Waals surface area contributed by atoms with Gasteiger partial charge in [0.15, 0.2) is 11.7 Å². The van der Waals surface area contributed by atoms with Crippen LogP contribution in [0.25, 0.3) is 0 Å². The van der Waals surface area contributed by atoms with E-state index in [-0.39, 0.29) is 58.2 Å². The Labute approximate surface area is 480 Å². The molecule has 0 bridgehead atoms. The molecule has 0 saturated carbocycles. The summed E-state index contributed by atoms with van der Waals surface area (Å²) in [5.41, 5.74) is 17.0. The number of ether oxygens (including phenoxy) is 1. The number of aliphatic imine (C=N–C) groups is 1. The number of nitrogens with zero attached hydrogens (tertiary/aromatic N) is 3. The highest BCUT2D eigenvalue weighted by Crippen LogP contribution is 2.49. The van der Waals surface area contributed by atoms with Gasteiger partial charge in [-0.05, 0) is 160 Å². The standard InChI is InChI=1S/C57H69N7O14S4/c1-38(62-42-16-11-13-39(33-42)37-61-55(58)59)36-60-53(65)17-7-6-8-30-63-49-26-24-45(81(72,73)74)34-47(49)56(2,3)51(63)28-18-40-14-12-15-41(54(40)78-43-20-22-44(23-21-43)80(69,70)71)19-29-52-57(4,5)48-35-46(82(75,76)77)25-27-50(48)64(52)31-9-10-32-79(66,67)68/h11,13,16,18-29,33-35,62H,1,6-10,12,14-15,17,30-32,36-37H2,2-5H3,(H8-,58,59,60,61,65,66,67,68,69,70,71,72,73,74,75,76,77)/p+1. The molecule has 0 fully saturated rings. The Bertz CT molecular complexity index is 3810. The highest BCUT2D eigenvalue weighted by molar-refractivity contribution is 7.86. The van der Waals surface area contributed by atoms with Gasteiger partial charge in [-0.3, -0.25) is 23.0 Å². The molecule has 82 heavy (non-hydrogen) atoms. The highest BCUT2D eigenvalue weighted by atomic mass is 32.2. The molecule has 21 nitrogen and oxygen atoms in total. The first-order valence-electron chi connectivity index (χ1n) is 26.4. The first-order valence-corrected chi connectivity index (χ1v) is 32.3. The van der Waals surface area contributed by atoms with Crippen LogP contribution in [0.2, 0.25) is 0 Å². The number of hydrogen-bond acceptors (Lipinski definition) is 13. The molecule has 10 N–H and O–H groups in total. The zero-order valence-corrected chi connectivity index (χ0v) is 49.3. The van der Waals surface area contributed by atoms with Crippen molar-refractivity contribution in [2.45, 2.75) is 118 Å². The van der Waals surface area contributed by atoms with Crippen LogP contribution in [0.1, 0.15) is 102 Å². The van der Waals surface area contributed by atoms with Crippen LogP contribution in [0.15, 0.2) is 164 Å². The fraction of sp³-hybridized carbons (Fsp3) is 0.351. The molecule has 25 heteroatoms. The van der Waals surface area contributed by atoms with Gasteiger partial charge in [-0.2, -0.15) is 38.2 Å². The van der Waals surface area contributed by atoms with Crippen LogP contribution in [-0.2, 0) is 62.6 Å². The third-order valence-corrected chi connectivity index (χ3v) is 17.9. The zero-order chi connectivity index (χ0) is 60.0. The lowest BCUT2D eigenvalue weighted by Crippen LogP contribution is -2.28. The van der Waals surface area contributed by atoms with Crippen molar-refractivity contribution in [3.8, 4) is 5.75 Å². The topological polar surface area (TPSA) is 338 Å². The molecule has 2 aliphatic heterocycles. The Kier molecular flexibility index (Phi) is 19.3. The van der Waals surface area contributed by atoms with Gasteiger partial charge in [-0.25, -0.2) is 4.99 Å². The molecule has 0 saturated heterocycles. The predicted octanol–water partition coefficient (Wildman–Crippen LogP) is 8.23. The smallest absolute Gasteiger partial charge is 0.294 e. The van der Waals surface area contributed by atoms with E-state index in [1.807, 2.05) is 81.2 Å². The SMILES string of the molecule is C=C(CNC(=O)CCCCC[N+]1=C(/C=C/C2=C(Oc3ccc(S(=O)(=O)O)cc3)C(=C/C=C3/N(CCCCS(=O)(=O)O)c4ccc(S(=O)(=O)O)cc4C3(C)C)/CCC2)C(C)(C)c2cc(S(=O)(=O)O)ccc21)Nc1cccc(CN=C(N)N)c1. The monoisotopic (exact) mass is 1200 g/mol. The number of carbonyl (C=O) groups is 1. The highest BCUT2D eigenvalue weighted by Gasteiger charge is 2.45. The van der Waals surface area contributed by atoms with Crippen LogP contribution in [0, 0.1) is 0 Å². The molecule has 1 aliphatic carbocycles. The molecule has 2 heterocycles. The Hall–Kier alpha value is -6.97. The molecular formula is C57H70N7O14S4+. The Morgan fingerprint density at radius 2 is 1.41 bits per heavy atom. The van der Waals surface area contributed by atoms with Gasteiger partial charge in [0.05, 0.1) is 38.9 Å². The van der Waals surface area contributed by atoms with Gasteiger partial charge in [0.25, 0.3) is 40.5 Å². The van der Waals surface area contributed by atoms with Crippen LogP contribution in [-0.4, -0.2) is 99.4 Å². The van der Waals surface area contributed by atoms with E-state index in [2.05, 4.69) is 26.8 Å². The van der Waals surface area contributed by atoms with Crippen molar-refractivity contribution in [2.24, 2.45) is 16.5 Å². The summed E-state index contributed by atoms with van der Waals surface area (Å²) in [6.07, 6.45) is 11.9. The molecule has 3 aliphatic rings. The maximum absolute atomic E-state index is 13.0. The molecule has 7 rings (SSSR count). The maximum Gasteiger partial charge on any atom is 0.294 e. The molecule has 0 unspecified atom stereocenters. The largest absolute Gasteiger partial charge is 0.457 e. The number of rotatable bonds is 25. The van der Waals surface area contributed by atoms with E-state index in [4.69, 9.17) is 16.2 Å². The number of nitrogens with two attached hydrogens (primary N) is 2. The minimum atomic E-state index is -4.58. The number of amides is 1. The van der Waals surface area contributed by atoms with E-state index in [0.717, 1.165) is 33.8 Å². The van der Waals surface area contributed by atoms with Crippen LogP contribution in [0.3, 0.4) is 0 Å². The molecule has 0 radical (unpaired) electrons. The first kappa shape index (κ1) is 62.6. The minimum Gasteiger partial charge on any atom is -0.457 e. The van der Waals surface area contributed by atoms with Gasteiger partial charge >= 0.3 is 0 Å². The summed E-state index contributed by atoms with van der Waals surface area (Å²) in [5, 5.41) is 6.10. The molecule has 4 aromatic rings. The molecule has 0 atom stereocenters. The third kappa shape index (κ3) is 15.8. The van der Waals surface area contributed by atoms with E-state index >= 15 is 0 Å². The van der Waals surface area contributed by atoms with Gasteiger partial charge in [-0.15, -0.1) is 0 Å². The summed E-state index contributed by atoms with van der Waals surface area (Å²) in [5.74, 6) is 0.0570. The maximum atomic E-state index is 13.0. The van der Waals surface area contributed by atoms with Crippen LogP contribution < -0.4 is 31.7 Å². The summed E-state index contributed by atoms with van der Waals surface area (Å²) in [6, 6.07) is 21.5. The second-order valence-electron chi connectivity index (χ2n) is 21.3. The summed E-state index contributed by atoms with van der Waals surface area (Å²) in [6.45, 7) is 13.0. The van der Waals surface area contributed by atoms with Crippen molar-refractivity contribution in [1.82, 2.24) is 5.32 Å². The summed E-state index contributed by atoms with van der Waals surface area (Å²) in [7, 11) is -17.9. The van der Waals surface area contributed by atoms with E-state index in [1.165, 1.54) is 48.5 Å². The third-order valence-electron chi connectivity index (χ3n) is 14.5. The lowest BCUT2D eigenvalue weighted by atomic mass is 9.81. The second-order valence-corrected chi connectivity index (χ2v) is 27.2. The molecule has 4 aromatic carbocycles. The Morgan fingerprint density at radius 3 is 2.07 bits per heavy atom. The average Bonchev–Trinajstić information content (AvgIpc) is 1.98. The number of carbonyl (C=O) groups excluding carboxylic acids is 1. The number of hydrogen-bond donors (Lipinski definition) is 8. The number of fused-ring (bicyclic) bond motifs is 2. The van der Waals surface area contributed by atoms with Crippen LogP contribution >= 0.6 is 0 Å².